The van der Waals surface area contributed by atoms with Crippen LogP contribution in [0.1, 0.15) is 23.6 Å². The summed E-state index contributed by atoms with van der Waals surface area (Å²) in [6.07, 6.45) is 0. The Kier molecular flexibility index (Phi) is 7.50. The Hall–Kier alpha value is -3.08. The SMILES string of the molecule is COc1cc(C)c(CN2CCN([C@@H](C)C(=O)Nc3ccccc3C#N)CC2)cc1OC. The van der Waals surface area contributed by atoms with E-state index < -0.39 is 0 Å². The van der Waals surface area contributed by atoms with Gasteiger partial charge in [-0.3, -0.25) is 14.6 Å². The summed E-state index contributed by atoms with van der Waals surface area (Å²) in [5, 5.41) is 12.1. The van der Waals surface area contributed by atoms with Gasteiger partial charge in [-0.25, -0.2) is 0 Å². The van der Waals surface area contributed by atoms with Gasteiger partial charge in [0.05, 0.1) is 31.5 Å². The number of nitrogens with zero attached hydrogens (tertiary/aromatic N) is 3. The lowest BCUT2D eigenvalue weighted by Crippen LogP contribution is -2.52. The first kappa shape index (κ1) is 22.6. The topological polar surface area (TPSA) is 77.8 Å². The van der Waals surface area contributed by atoms with E-state index in [9.17, 15) is 10.1 Å². The Bertz CT molecular complexity index is 962. The van der Waals surface area contributed by atoms with Gasteiger partial charge < -0.3 is 14.8 Å². The van der Waals surface area contributed by atoms with Crippen molar-refractivity contribution in [1.82, 2.24) is 9.80 Å². The highest BCUT2D eigenvalue weighted by atomic mass is 16.5. The van der Waals surface area contributed by atoms with Crippen LogP contribution in [0.2, 0.25) is 0 Å². The smallest absolute Gasteiger partial charge is 0.241 e. The van der Waals surface area contributed by atoms with Crippen LogP contribution >= 0.6 is 0 Å². The Balaban J connectivity index is 1.57. The normalized spacial score (nSPS) is 15.7. The fourth-order valence-electron chi connectivity index (χ4n) is 3.84. The maximum absolute atomic E-state index is 12.7. The number of benzene rings is 2. The maximum atomic E-state index is 12.7. The fourth-order valence-corrected chi connectivity index (χ4v) is 3.84. The third-order valence-electron chi connectivity index (χ3n) is 5.88. The molecule has 0 aromatic heterocycles. The van der Waals surface area contributed by atoms with E-state index in [-0.39, 0.29) is 11.9 Å². The molecule has 1 saturated heterocycles. The molecule has 2 aromatic carbocycles. The van der Waals surface area contributed by atoms with E-state index in [0.717, 1.165) is 44.2 Å². The van der Waals surface area contributed by atoms with Crippen LogP contribution in [0.15, 0.2) is 36.4 Å². The van der Waals surface area contributed by atoms with Gasteiger partial charge in [-0.15, -0.1) is 0 Å². The molecule has 1 heterocycles. The lowest BCUT2D eigenvalue weighted by molar-refractivity contribution is -0.121. The highest BCUT2D eigenvalue weighted by molar-refractivity contribution is 5.95. The number of piperazine rings is 1. The zero-order chi connectivity index (χ0) is 22.4. The second kappa shape index (κ2) is 10.3. The molecule has 0 aliphatic carbocycles. The number of aryl methyl sites for hydroxylation is 1. The van der Waals surface area contributed by atoms with E-state index in [4.69, 9.17) is 9.47 Å². The first-order valence-electron chi connectivity index (χ1n) is 10.4. The predicted octanol–water partition coefficient (Wildman–Crippen LogP) is 3.03. The molecular formula is C24H30N4O3. The van der Waals surface area contributed by atoms with E-state index >= 15 is 0 Å². The van der Waals surface area contributed by atoms with E-state index in [1.54, 1.807) is 32.4 Å². The Morgan fingerprint density at radius 1 is 1.13 bits per heavy atom. The molecule has 0 bridgehead atoms. The molecule has 7 heteroatoms. The Morgan fingerprint density at radius 3 is 2.42 bits per heavy atom. The van der Waals surface area contributed by atoms with Crippen molar-refractivity contribution < 1.29 is 14.3 Å². The summed E-state index contributed by atoms with van der Waals surface area (Å²) >= 11 is 0. The third-order valence-corrected chi connectivity index (χ3v) is 5.88. The molecule has 0 spiro atoms. The number of carbonyl (C=O) groups is 1. The number of anilines is 1. The van der Waals surface area contributed by atoms with Crippen LogP contribution in [0.25, 0.3) is 0 Å². The summed E-state index contributed by atoms with van der Waals surface area (Å²) in [7, 11) is 3.30. The number of nitriles is 1. The van der Waals surface area contributed by atoms with Gasteiger partial charge in [0.2, 0.25) is 5.91 Å². The molecule has 7 nitrogen and oxygen atoms in total. The summed E-state index contributed by atoms with van der Waals surface area (Å²) in [6, 6.07) is 13.0. The fraction of sp³-hybridized carbons (Fsp3) is 0.417. The van der Waals surface area contributed by atoms with Crippen LogP contribution in [0.3, 0.4) is 0 Å². The summed E-state index contributed by atoms with van der Waals surface area (Å²) in [5.74, 6) is 1.39. The van der Waals surface area contributed by atoms with E-state index in [1.165, 1.54) is 11.1 Å². The number of rotatable bonds is 7. The molecule has 3 rings (SSSR count). The average molecular weight is 423 g/mol. The first-order valence-corrected chi connectivity index (χ1v) is 10.4. The van der Waals surface area contributed by atoms with Crippen molar-refractivity contribution in [3.8, 4) is 17.6 Å². The van der Waals surface area contributed by atoms with Crippen LogP contribution < -0.4 is 14.8 Å². The molecule has 0 unspecified atom stereocenters. The van der Waals surface area contributed by atoms with Crippen LogP contribution in [0.5, 0.6) is 11.5 Å². The number of para-hydroxylation sites is 1. The number of nitrogens with one attached hydrogen (secondary N) is 1. The van der Waals surface area contributed by atoms with Crippen molar-refractivity contribution in [3.63, 3.8) is 0 Å². The van der Waals surface area contributed by atoms with Gasteiger partial charge in [0.25, 0.3) is 0 Å². The van der Waals surface area contributed by atoms with Crippen LogP contribution in [-0.2, 0) is 11.3 Å². The highest BCUT2D eigenvalue weighted by Crippen LogP contribution is 2.31. The van der Waals surface area contributed by atoms with Gasteiger partial charge in [-0.05, 0) is 49.2 Å². The number of ether oxygens (including phenoxy) is 2. The molecule has 0 radical (unpaired) electrons. The highest BCUT2D eigenvalue weighted by Gasteiger charge is 2.26. The predicted molar refractivity (Wildman–Crippen MR) is 120 cm³/mol. The number of amides is 1. The minimum Gasteiger partial charge on any atom is -0.493 e. The van der Waals surface area contributed by atoms with Crippen molar-refractivity contribution in [2.45, 2.75) is 26.4 Å². The van der Waals surface area contributed by atoms with E-state index in [1.807, 2.05) is 25.1 Å². The van der Waals surface area contributed by atoms with E-state index in [2.05, 4.69) is 28.1 Å². The molecule has 2 aromatic rings. The van der Waals surface area contributed by atoms with E-state index in [0.29, 0.717) is 11.3 Å². The van der Waals surface area contributed by atoms with Gasteiger partial charge in [0, 0.05) is 32.7 Å². The van der Waals surface area contributed by atoms with Crippen LogP contribution in [0, 0.1) is 18.3 Å². The van der Waals surface area contributed by atoms with Crippen molar-refractivity contribution >= 4 is 11.6 Å². The van der Waals surface area contributed by atoms with Gasteiger partial charge in [-0.2, -0.15) is 5.26 Å². The quantitative estimate of drug-likeness (QED) is 0.739. The second-order valence-electron chi connectivity index (χ2n) is 7.77. The molecule has 1 amide bonds. The molecular weight excluding hydrogens is 392 g/mol. The lowest BCUT2D eigenvalue weighted by Gasteiger charge is -2.37. The summed E-state index contributed by atoms with van der Waals surface area (Å²) in [4.78, 5) is 17.3. The molecule has 1 aliphatic rings. The first-order chi connectivity index (χ1) is 15.0. The van der Waals surface area contributed by atoms with Gasteiger partial charge in [-0.1, -0.05) is 12.1 Å². The summed E-state index contributed by atoms with van der Waals surface area (Å²) in [5.41, 5.74) is 3.41. The van der Waals surface area contributed by atoms with Crippen LogP contribution in [0.4, 0.5) is 5.69 Å². The maximum Gasteiger partial charge on any atom is 0.241 e. The Labute approximate surface area is 184 Å². The average Bonchev–Trinajstić information content (AvgIpc) is 2.80. The zero-order valence-corrected chi connectivity index (χ0v) is 18.6. The zero-order valence-electron chi connectivity index (χ0n) is 18.6. The lowest BCUT2D eigenvalue weighted by atomic mass is 10.1. The van der Waals surface area contributed by atoms with Crippen LogP contribution in [-0.4, -0.2) is 62.1 Å². The molecule has 164 valence electrons. The minimum atomic E-state index is -0.267. The molecule has 1 aliphatic heterocycles. The third kappa shape index (κ3) is 5.35. The van der Waals surface area contributed by atoms with Crippen molar-refractivity contribution in [3.05, 3.63) is 53.1 Å². The van der Waals surface area contributed by atoms with Crippen molar-refractivity contribution in [2.24, 2.45) is 0 Å². The molecule has 0 saturated carbocycles. The van der Waals surface area contributed by atoms with Gasteiger partial charge in [0.15, 0.2) is 11.5 Å². The summed E-state index contributed by atoms with van der Waals surface area (Å²) in [6.45, 7) is 8.19. The number of hydrogen-bond acceptors (Lipinski definition) is 6. The standard InChI is InChI=1S/C24H30N4O3/c1-17-13-22(30-3)23(31-4)14-20(17)16-27-9-11-28(12-10-27)18(2)24(29)26-21-8-6-5-7-19(21)15-25/h5-8,13-14,18H,9-12,16H2,1-4H3,(H,26,29)/t18-/m0/s1. The summed E-state index contributed by atoms with van der Waals surface area (Å²) < 4.78 is 10.8. The largest absolute Gasteiger partial charge is 0.493 e. The van der Waals surface area contributed by atoms with Gasteiger partial charge in [0.1, 0.15) is 6.07 Å². The molecule has 1 atom stereocenters. The second-order valence-corrected chi connectivity index (χ2v) is 7.77. The Morgan fingerprint density at radius 2 is 1.77 bits per heavy atom. The molecule has 1 fully saturated rings. The monoisotopic (exact) mass is 422 g/mol. The van der Waals surface area contributed by atoms with Crippen molar-refractivity contribution in [1.29, 1.82) is 5.26 Å². The molecule has 31 heavy (non-hydrogen) atoms. The van der Waals surface area contributed by atoms with Crippen molar-refractivity contribution in [2.75, 3.05) is 45.7 Å². The molecule has 1 N–H and O–H groups in total. The number of hydrogen-bond donors (Lipinski definition) is 1. The van der Waals surface area contributed by atoms with Gasteiger partial charge >= 0.3 is 0 Å². The minimum absolute atomic E-state index is 0.0908. The number of methoxy groups -OCH3 is 2. The number of carbonyl (C=O) groups excluding carboxylic acids is 1.